The average Bonchev–Trinajstić information content (AvgIpc) is 2.73. The van der Waals surface area contributed by atoms with Gasteiger partial charge in [0.1, 0.15) is 11.3 Å². The summed E-state index contributed by atoms with van der Waals surface area (Å²) in [7, 11) is 0. The van der Waals surface area contributed by atoms with Crippen LogP contribution in [0.3, 0.4) is 0 Å². The molecule has 0 unspecified atom stereocenters. The predicted molar refractivity (Wildman–Crippen MR) is 72.6 cm³/mol. The van der Waals surface area contributed by atoms with E-state index in [1.54, 1.807) is 6.92 Å². The summed E-state index contributed by atoms with van der Waals surface area (Å²) in [6.07, 6.45) is 0. The summed E-state index contributed by atoms with van der Waals surface area (Å²) in [5.74, 6) is -3.73. The number of ether oxygens (including phenoxy) is 3. The normalized spacial score (nSPS) is 12.5. The van der Waals surface area contributed by atoms with E-state index >= 15 is 0 Å². The van der Waals surface area contributed by atoms with Crippen molar-refractivity contribution in [1.82, 2.24) is 0 Å². The van der Waals surface area contributed by atoms with Crippen LogP contribution in [0.2, 0.25) is 0 Å². The molecular formula is C15H12O7. The lowest BCUT2D eigenvalue weighted by molar-refractivity contribution is -0.130. The third-order valence-electron chi connectivity index (χ3n) is 2.81. The van der Waals surface area contributed by atoms with E-state index in [9.17, 15) is 19.2 Å². The van der Waals surface area contributed by atoms with Gasteiger partial charge in [-0.05, 0) is 26.0 Å². The maximum Gasteiger partial charge on any atom is 0.347 e. The van der Waals surface area contributed by atoms with Gasteiger partial charge in [0.05, 0.1) is 17.7 Å². The second-order valence-corrected chi connectivity index (χ2v) is 4.43. The number of hydrogen-bond donors (Lipinski definition) is 0. The van der Waals surface area contributed by atoms with Gasteiger partial charge >= 0.3 is 23.9 Å². The fourth-order valence-electron chi connectivity index (χ4n) is 1.83. The van der Waals surface area contributed by atoms with Crippen molar-refractivity contribution in [3.05, 3.63) is 41.0 Å². The molecule has 0 N–H and O–H groups in total. The lowest BCUT2D eigenvalue weighted by Crippen LogP contribution is -2.16. The fourth-order valence-corrected chi connectivity index (χ4v) is 1.83. The van der Waals surface area contributed by atoms with E-state index < -0.39 is 23.9 Å². The summed E-state index contributed by atoms with van der Waals surface area (Å²) >= 11 is 0. The number of hydrogen-bond acceptors (Lipinski definition) is 7. The van der Waals surface area contributed by atoms with Crippen LogP contribution in [-0.4, -0.2) is 30.5 Å². The molecule has 0 aliphatic carbocycles. The molecule has 0 amide bonds. The molecule has 7 heteroatoms. The Morgan fingerprint density at radius 1 is 1.23 bits per heavy atom. The number of fused-ring (bicyclic) bond motifs is 1. The zero-order valence-electron chi connectivity index (χ0n) is 11.9. The number of benzene rings is 1. The van der Waals surface area contributed by atoms with Crippen LogP contribution >= 0.6 is 0 Å². The van der Waals surface area contributed by atoms with Crippen molar-refractivity contribution in [2.75, 3.05) is 6.61 Å². The summed E-state index contributed by atoms with van der Waals surface area (Å²) in [6, 6.07) is 2.47. The zero-order valence-corrected chi connectivity index (χ0v) is 11.9. The predicted octanol–water partition coefficient (Wildman–Crippen LogP) is 1.66. The van der Waals surface area contributed by atoms with Crippen LogP contribution in [0.15, 0.2) is 24.3 Å². The number of carbonyl (C=O) groups is 4. The lowest BCUT2D eigenvalue weighted by atomic mass is 10.0. The molecule has 0 bridgehead atoms. The summed E-state index contributed by atoms with van der Waals surface area (Å²) in [5.41, 5.74) is -0.558. The molecule has 22 heavy (non-hydrogen) atoms. The van der Waals surface area contributed by atoms with E-state index in [1.807, 2.05) is 0 Å². The standard InChI is InChI=1S/C15H12O7/c1-4-20-14(18)11-9(21-12(16)7(2)3)6-5-8-10(11)15(19)22-13(8)17/h5-6H,2,4H2,1,3H3. The van der Waals surface area contributed by atoms with E-state index in [4.69, 9.17) is 9.47 Å². The van der Waals surface area contributed by atoms with E-state index in [1.165, 1.54) is 19.1 Å². The highest BCUT2D eigenvalue weighted by atomic mass is 16.6. The highest BCUT2D eigenvalue weighted by Gasteiger charge is 2.37. The van der Waals surface area contributed by atoms with Gasteiger partial charge in [0.25, 0.3) is 0 Å². The van der Waals surface area contributed by atoms with Crippen LogP contribution in [0.5, 0.6) is 5.75 Å². The Labute approximate surface area is 125 Å². The maximum absolute atomic E-state index is 12.1. The molecule has 1 aliphatic rings. The molecule has 1 aromatic rings. The molecule has 0 saturated heterocycles. The number of esters is 4. The smallest absolute Gasteiger partial charge is 0.347 e. The first-order chi connectivity index (χ1) is 10.4. The van der Waals surface area contributed by atoms with Crippen molar-refractivity contribution in [1.29, 1.82) is 0 Å². The minimum atomic E-state index is -0.990. The van der Waals surface area contributed by atoms with E-state index in [0.29, 0.717) is 0 Å². The number of carbonyl (C=O) groups excluding carboxylic acids is 4. The summed E-state index contributed by atoms with van der Waals surface area (Å²) in [5, 5.41) is 0. The van der Waals surface area contributed by atoms with Crippen molar-refractivity contribution in [2.24, 2.45) is 0 Å². The van der Waals surface area contributed by atoms with Gasteiger partial charge in [-0.3, -0.25) is 0 Å². The topological polar surface area (TPSA) is 96.0 Å². The van der Waals surface area contributed by atoms with Crippen LogP contribution in [0, 0.1) is 0 Å². The molecule has 2 rings (SSSR count). The maximum atomic E-state index is 12.1. The van der Waals surface area contributed by atoms with Crippen molar-refractivity contribution in [3.8, 4) is 5.75 Å². The highest BCUT2D eigenvalue weighted by Crippen LogP contribution is 2.32. The Hall–Kier alpha value is -2.96. The van der Waals surface area contributed by atoms with Gasteiger partial charge in [-0.15, -0.1) is 0 Å². The molecule has 0 aromatic heterocycles. The molecule has 1 aromatic carbocycles. The van der Waals surface area contributed by atoms with Gasteiger partial charge in [-0.2, -0.15) is 0 Å². The summed E-state index contributed by atoms with van der Waals surface area (Å²) in [6.45, 7) is 6.47. The first-order valence-corrected chi connectivity index (χ1v) is 6.35. The van der Waals surface area contributed by atoms with Crippen LogP contribution < -0.4 is 4.74 Å². The van der Waals surface area contributed by atoms with Gasteiger partial charge in [-0.25, -0.2) is 19.2 Å². The Kier molecular flexibility index (Phi) is 4.07. The molecule has 0 atom stereocenters. The first kappa shape index (κ1) is 15.4. The second-order valence-electron chi connectivity index (χ2n) is 4.43. The van der Waals surface area contributed by atoms with Gasteiger partial charge in [-0.1, -0.05) is 6.58 Å². The molecular weight excluding hydrogens is 292 g/mol. The molecule has 1 heterocycles. The van der Waals surface area contributed by atoms with Crippen LogP contribution in [0.25, 0.3) is 0 Å². The minimum absolute atomic E-state index is 0.0410. The van der Waals surface area contributed by atoms with E-state index in [2.05, 4.69) is 11.3 Å². The largest absolute Gasteiger partial charge is 0.462 e. The fraction of sp³-hybridized carbons (Fsp3) is 0.200. The molecule has 0 spiro atoms. The highest BCUT2D eigenvalue weighted by molar-refractivity contribution is 6.20. The van der Waals surface area contributed by atoms with Crippen LogP contribution in [-0.2, 0) is 14.3 Å². The average molecular weight is 304 g/mol. The van der Waals surface area contributed by atoms with Crippen LogP contribution in [0.1, 0.15) is 44.9 Å². The Balaban J connectivity index is 2.60. The van der Waals surface area contributed by atoms with E-state index in [0.717, 1.165) is 0 Å². The van der Waals surface area contributed by atoms with Gasteiger partial charge < -0.3 is 14.2 Å². The zero-order chi connectivity index (χ0) is 16.4. The van der Waals surface area contributed by atoms with Gasteiger partial charge in [0.15, 0.2) is 0 Å². The Bertz CT molecular complexity index is 715. The molecule has 7 nitrogen and oxygen atoms in total. The molecule has 1 aliphatic heterocycles. The van der Waals surface area contributed by atoms with Gasteiger partial charge in [0.2, 0.25) is 0 Å². The molecule has 0 fully saturated rings. The molecule has 0 radical (unpaired) electrons. The Morgan fingerprint density at radius 2 is 1.91 bits per heavy atom. The minimum Gasteiger partial charge on any atom is -0.462 e. The summed E-state index contributed by atoms with van der Waals surface area (Å²) in [4.78, 5) is 47.0. The molecule has 114 valence electrons. The van der Waals surface area contributed by atoms with Crippen molar-refractivity contribution < 1.29 is 33.4 Å². The first-order valence-electron chi connectivity index (χ1n) is 6.35. The molecule has 0 saturated carbocycles. The van der Waals surface area contributed by atoms with Gasteiger partial charge in [0, 0.05) is 5.57 Å². The third-order valence-corrected chi connectivity index (χ3v) is 2.81. The monoisotopic (exact) mass is 304 g/mol. The lowest BCUT2D eigenvalue weighted by Gasteiger charge is -2.11. The third kappa shape index (κ3) is 2.60. The van der Waals surface area contributed by atoms with Crippen molar-refractivity contribution in [3.63, 3.8) is 0 Å². The summed E-state index contributed by atoms with van der Waals surface area (Å²) < 4.78 is 14.3. The second kappa shape index (κ2) is 5.80. The van der Waals surface area contributed by atoms with Crippen molar-refractivity contribution in [2.45, 2.75) is 13.8 Å². The number of cyclic esters (lactones) is 2. The number of rotatable bonds is 4. The SMILES string of the molecule is C=C(C)C(=O)Oc1ccc2c(c1C(=O)OCC)C(=O)OC2=O. The van der Waals surface area contributed by atoms with E-state index in [-0.39, 0.29) is 34.6 Å². The van der Waals surface area contributed by atoms with Crippen molar-refractivity contribution >= 4 is 23.9 Å². The Morgan fingerprint density at radius 3 is 2.50 bits per heavy atom. The van der Waals surface area contributed by atoms with Crippen LogP contribution in [0.4, 0.5) is 0 Å². The quantitative estimate of drug-likeness (QED) is 0.361.